The standard InChI is InChI=1S/C18H24N6/c1-12-6-7-15(13(2)10-12)21-17(19)23-18-20-14(3)11-16(22-18)24-8-4-5-9-24/h6-7,10-11H,4-5,8-9H2,1-3H3,(H3,19,20,21,22,23). The highest BCUT2D eigenvalue weighted by Gasteiger charge is 2.15. The summed E-state index contributed by atoms with van der Waals surface area (Å²) in [6.45, 7) is 8.13. The number of anilines is 2. The summed E-state index contributed by atoms with van der Waals surface area (Å²) in [4.78, 5) is 15.5. The van der Waals surface area contributed by atoms with Gasteiger partial charge in [0.05, 0.1) is 0 Å². The Morgan fingerprint density at radius 3 is 2.58 bits per heavy atom. The van der Waals surface area contributed by atoms with E-state index in [4.69, 9.17) is 5.73 Å². The zero-order valence-corrected chi connectivity index (χ0v) is 14.5. The lowest BCUT2D eigenvalue weighted by molar-refractivity contribution is 0.919. The van der Waals surface area contributed by atoms with Crippen molar-refractivity contribution in [2.24, 2.45) is 10.7 Å². The lowest BCUT2D eigenvalue weighted by Gasteiger charge is -2.16. The van der Waals surface area contributed by atoms with Crippen LogP contribution in [0.5, 0.6) is 0 Å². The molecule has 126 valence electrons. The van der Waals surface area contributed by atoms with Crippen molar-refractivity contribution in [1.29, 1.82) is 0 Å². The number of aryl methyl sites for hydroxylation is 3. The summed E-state index contributed by atoms with van der Waals surface area (Å²) in [5, 5.41) is 3.13. The number of guanidine groups is 1. The van der Waals surface area contributed by atoms with Gasteiger partial charge in [-0.25, -0.2) is 4.98 Å². The third kappa shape index (κ3) is 3.82. The molecule has 0 amide bonds. The van der Waals surface area contributed by atoms with E-state index in [-0.39, 0.29) is 0 Å². The Hall–Kier alpha value is -2.63. The summed E-state index contributed by atoms with van der Waals surface area (Å²) in [6, 6.07) is 8.14. The molecular weight excluding hydrogens is 300 g/mol. The highest BCUT2D eigenvalue weighted by Crippen LogP contribution is 2.21. The van der Waals surface area contributed by atoms with Crippen molar-refractivity contribution >= 4 is 23.4 Å². The van der Waals surface area contributed by atoms with Crippen LogP contribution in [0.4, 0.5) is 17.5 Å². The van der Waals surface area contributed by atoms with Crippen LogP contribution in [0.1, 0.15) is 29.7 Å². The van der Waals surface area contributed by atoms with Gasteiger partial charge in [0.15, 0.2) is 0 Å². The van der Waals surface area contributed by atoms with Gasteiger partial charge < -0.3 is 16.0 Å². The van der Waals surface area contributed by atoms with Gasteiger partial charge in [-0.05, 0) is 45.2 Å². The van der Waals surface area contributed by atoms with Gasteiger partial charge in [0.25, 0.3) is 5.95 Å². The quantitative estimate of drug-likeness (QED) is 0.670. The predicted octanol–water partition coefficient (Wildman–Crippen LogP) is 3.06. The Morgan fingerprint density at radius 2 is 1.88 bits per heavy atom. The first kappa shape index (κ1) is 16.2. The molecule has 1 aliphatic heterocycles. The van der Waals surface area contributed by atoms with Crippen LogP contribution < -0.4 is 16.0 Å². The minimum absolute atomic E-state index is 0.292. The molecule has 3 rings (SSSR count). The molecule has 0 bridgehead atoms. The van der Waals surface area contributed by atoms with E-state index in [1.165, 1.54) is 18.4 Å². The Morgan fingerprint density at radius 1 is 1.12 bits per heavy atom. The Balaban J connectivity index is 1.81. The van der Waals surface area contributed by atoms with E-state index in [2.05, 4.69) is 38.2 Å². The smallest absolute Gasteiger partial charge is 0.254 e. The van der Waals surface area contributed by atoms with Gasteiger partial charge in [-0.15, -0.1) is 0 Å². The fourth-order valence-electron chi connectivity index (χ4n) is 2.92. The minimum atomic E-state index is 0.292. The number of benzene rings is 1. The molecule has 6 nitrogen and oxygen atoms in total. The zero-order valence-electron chi connectivity index (χ0n) is 14.5. The van der Waals surface area contributed by atoms with Gasteiger partial charge in [0.2, 0.25) is 5.96 Å². The monoisotopic (exact) mass is 324 g/mol. The molecule has 0 aliphatic carbocycles. The number of hydrogen-bond acceptors (Lipinski definition) is 4. The molecule has 0 radical (unpaired) electrons. The molecule has 1 saturated heterocycles. The minimum Gasteiger partial charge on any atom is -0.369 e. The lowest BCUT2D eigenvalue weighted by Crippen LogP contribution is -2.23. The van der Waals surface area contributed by atoms with Crippen LogP contribution in [0.3, 0.4) is 0 Å². The number of aliphatic imine (C=N–C) groups is 1. The van der Waals surface area contributed by atoms with Crippen molar-refractivity contribution in [3.63, 3.8) is 0 Å². The highest BCUT2D eigenvalue weighted by atomic mass is 15.2. The Kier molecular flexibility index (Phi) is 4.64. The summed E-state index contributed by atoms with van der Waals surface area (Å²) < 4.78 is 0. The van der Waals surface area contributed by atoms with Gasteiger partial charge in [0.1, 0.15) is 5.82 Å². The normalized spacial score (nSPS) is 15.0. The van der Waals surface area contributed by atoms with Crippen molar-refractivity contribution in [3.8, 4) is 0 Å². The zero-order chi connectivity index (χ0) is 17.1. The van der Waals surface area contributed by atoms with Crippen molar-refractivity contribution in [1.82, 2.24) is 9.97 Å². The van der Waals surface area contributed by atoms with Crippen LogP contribution >= 0.6 is 0 Å². The average molecular weight is 324 g/mol. The van der Waals surface area contributed by atoms with Gasteiger partial charge in [-0.3, -0.25) is 0 Å². The van der Waals surface area contributed by atoms with E-state index in [1.807, 2.05) is 32.0 Å². The van der Waals surface area contributed by atoms with Crippen LogP contribution in [0.2, 0.25) is 0 Å². The van der Waals surface area contributed by atoms with Crippen LogP contribution in [-0.2, 0) is 0 Å². The summed E-state index contributed by atoms with van der Waals surface area (Å²) in [5.74, 6) is 1.62. The molecule has 1 aromatic heterocycles. The highest BCUT2D eigenvalue weighted by molar-refractivity contribution is 5.94. The SMILES string of the molecule is Cc1ccc(NC(N)=Nc2nc(C)cc(N3CCCC3)n2)c(C)c1. The Bertz CT molecular complexity index is 762. The maximum Gasteiger partial charge on any atom is 0.254 e. The second-order valence-electron chi connectivity index (χ2n) is 6.30. The molecular formula is C18H24N6. The number of hydrogen-bond donors (Lipinski definition) is 2. The number of nitrogens with zero attached hydrogens (tertiary/aromatic N) is 4. The van der Waals surface area contributed by atoms with E-state index in [0.717, 1.165) is 35.9 Å². The van der Waals surface area contributed by atoms with Gasteiger partial charge >= 0.3 is 0 Å². The molecule has 6 heteroatoms. The summed E-state index contributed by atoms with van der Waals surface area (Å²) >= 11 is 0. The maximum absolute atomic E-state index is 6.04. The van der Waals surface area contributed by atoms with Crippen LogP contribution in [0.25, 0.3) is 0 Å². The molecule has 3 N–H and O–H groups in total. The van der Waals surface area contributed by atoms with Crippen molar-refractivity contribution < 1.29 is 0 Å². The fraction of sp³-hybridized carbons (Fsp3) is 0.389. The third-order valence-corrected chi connectivity index (χ3v) is 4.12. The number of aromatic nitrogens is 2. The van der Waals surface area contributed by atoms with Gasteiger partial charge in [0, 0.05) is 30.5 Å². The average Bonchev–Trinajstić information content (AvgIpc) is 3.04. The predicted molar refractivity (Wildman–Crippen MR) is 99.0 cm³/mol. The maximum atomic E-state index is 6.04. The molecule has 2 aromatic rings. The first-order valence-corrected chi connectivity index (χ1v) is 8.30. The first-order valence-electron chi connectivity index (χ1n) is 8.30. The van der Waals surface area contributed by atoms with Crippen molar-refractivity contribution in [2.45, 2.75) is 33.6 Å². The largest absolute Gasteiger partial charge is 0.369 e. The third-order valence-electron chi connectivity index (χ3n) is 4.12. The molecule has 2 heterocycles. The van der Waals surface area contributed by atoms with Crippen LogP contribution in [0, 0.1) is 20.8 Å². The number of rotatable bonds is 3. The van der Waals surface area contributed by atoms with Crippen LogP contribution in [0.15, 0.2) is 29.3 Å². The second kappa shape index (κ2) is 6.86. The molecule has 24 heavy (non-hydrogen) atoms. The molecule has 0 saturated carbocycles. The van der Waals surface area contributed by atoms with Crippen molar-refractivity contribution in [3.05, 3.63) is 41.1 Å². The molecule has 0 spiro atoms. The number of nitrogens with two attached hydrogens (primary N) is 1. The topological polar surface area (TPSA) is 79.4 Å². The fourth-order valence-corrected chi connectivity index (χ4v) is 2.92. The molecule has 1 fully saturated rings. The summed E-state index contributed by atoms with van der Waals surface area (Å²) in [6.07, 6.45) is 2.41. The molecule has 0 unspecified atom stereocenters. The van der Waals surface area contributed by atoms with E-state index in [9.17, 15) is 0 Å². The second-order valence-corrected chi connectivity index (χ2v) is 6.30. The molecule has 1 aromatic carbocycles. The van der Waals surface area contributed by atoms with Gasteiger partial charge in [-0.1, -0.05) is 17.7 Å². The summed E-state index contributed by atoms with van der Waals surface area (Å²) in [7, 11) is 0. The van der Waals surface area contributed by atoms with E-state index < -0.39 is 0 Å². The molecule has 0 atom stereocenters. The molecule has 1 aliphatic rings. The first-order chi connectivity index (χ1) is 11.5. The Labute approximate surface area is 142 Å². The van der Waals surface area contributed by atoms with E-state index in [0.29, 0.717) is 11.9 Å². The lowest BCUT2D eigenvalue weighted by atomic mass is 10.1. The van der Waals surface area contributed by atoms with E-state index in [1.54, 1.807) is 0 Å². The van der Waals surface area contributed by atoms with Crippen LogP contribution in [-0.4, -0.2) is 29.0 Å². The summed E-state index contributed by atoms with van der Waals surface area (Å²) in [5.41, 5.74) is 10.2. The van der Waals surface area contributed by atoms with Crippen molar-refractivity contribution in [2.75, 3.05) is 23.3 Å². The van der Waals surface area contributed by atoms with Gasteiger partial charge in [-0.2, -0.15) is 9.98 Å². The van der Waals surface area contributed by atoms with E-state index >= 15 is 0 Å². The number of nitrogens with one attached hydrogen (secondary N) is 1.